The van der Waals surface area contributed by atoms with E-state index in [-0.39, 0.29) is 23.5 Å². The van der Waals surface area contributed by atoms with Crippen LogP contribution in [-0.2, 0) is 4.79 Å². The summed E-state index contributed by atoms with van der Waals surface area (Å²) in [6.45, 7) is 7.45. The molecule has 0 aliphatic carbocycles. The molecule has 2 atom stereocenters. The summed E-state index contributed by atoms with van der Waals surface area (Å²) >= 11 is 0. The Morgan fingerprint density at radius 2 is 1.68 bits per heavy atom. The highest BCUT2D eigenvalue weighted by molar-refractivity contribution is 5.97. The molecule has 0 N–H and O–H groups in total. The van der Waals surface area contributed by atoms with Gasteiger partial charge in [-0.15, -0.1) is 0 Å². The third kappa shape index (κ3) is 4.91. The summed E-state index contributed by atoms with van der Waals surface area (Å²) in [7, 11) is 4.23. The van der Waals surface area contributed by atoms with Crippen LogP contribution >= 0.6 is 0 Å². The molecule has 1 aliphatic rings. The Balaban J connectivity index is 2.03. The number of hydrogen-bond acceptors (Lipinski definition) is 3. The zero-order valence-electron chi connectivity index (χ0n) is 16.3. The number of hydrogen-bond donors (Lipinski definition) is 0. The van der Waals surface area contributed by atoms with Crippen molar-refractivity contribution in [1.29, 1.82) is 0 Å². The first-order valence-corrected chi connectivity index (χ1v) is 9.40. The SMILES string of the molecule is CC(C)C(=O)c1ccc([C@@H](C)C(=O)N2CCC[C@H](N(C)C)CC2)cc1. The van der Waals surface area contributed by atoms with Gasteiger partial charge >= 0.3 is 0 Å². The molecule has 0 radical (unpaired) electrons. The number of rotatable bonds is 5. The summed E-state index contributed by atoms with van der Waals surface area (Å²) < 4.78 is 0. The van der Waals surface area contributed by atoms with Gasteiger partial charge in [0.1, 0.15) is 0 Å². The van der Waals surface area contributed by atoms with Crippen molar-refractivity contribution in [2.24, 2.45) is 5.92 Å². The van der Waals surface area contributed by atoms with Crippen LogP contribution in [0.3, 0.4) is 0 Å². The van der Waals surface area contributed by atoms with Gasteiger partial charge in [0.2, 0.25) is 5.91 Å². The van der Waals surface area contributed by atoms with E-state index in [1.54, 1.807) is 0 Å². The highest BCUT2D eigenvalue weighted by atomic mass is 16.2. The number of nitrogens with zero attached hydrogens (tertiary/aromatic N) is 2. The number of Topliss-reactive ketones (excluding diaryl/α,β-unsaturated/α-hetero) is 1. The van der Waals surface area contributed by atoms with Gasteiger partial charge in [0, 0.05) is 30.6 Å². The lowest BCUT2D eigenvalue weighted by atomic mass is 9.95. The molecule has 4 nitrogen and oxygen atoms in total. The van der Waals surface area contributed by atoms with E-state index >= 15 is 0 Å². The predicted octanol–water partition coefficient (Wildman–Crippen LogP) is 3.57. The Hall–Kier alpha value is -1.68. The fraction of sp³-hybridized carbons (Fsp3) is 0.619. The van der Waals surface area contributed by atoms with Gasteiger partial charge in [-0.2, -0.15) is 0 Å². The van der Waals surface area contributed by atoms with Crippen molar-refractivity contribution in [3.05, 3.63) is 35.4 Å². The van der Waals surface area contributed by atoms with E-state index in [1.165, 1.54) is 0 Å². The zero-order valence-corrected chi connectivity index (χ0v) is 16.3. The normalized spacial score (nSPS) is 19.8. The number of amides is 1. The number of ketones is 1. The first kappa shape index (κ1) is 19.6. The lowest BCUT2D eigenvalue weighted by Crippen LogP contribution is -2.36. The minimum absolute atomic E-state index is 0.00773. The molecule has 1 amide bonds. The Morgan fingerprint density at radius 1 is 1.04 bits per heavy atom. The predicted molar refractivity (Wildman–Crippen MR) is 102 cm³/mol. The number of carbonyl (C=O) groups excluding carboxylic acids is 2. The number of carbonyl (C=O) groups is 2. The Bertz CT molecular complexity index is 592. The maximum atomic E-state index is 12.9. The minimum Gasteiger partial charge on any atom is -0.342 e. The van der Waals surface area contributed by atoms with E-state index in [4.69, 9.17) is 0 Å². The smallest absolute Gasteiger partial charge is 0.229 e. The Kier molecular flexibility index (Phi) is 6.77. The number of likely N-dealkylation sites (tertiary alicyclic amines) is 1. The molecule has 1 aromatic rings. The van der Waals surface area contributed by atoms with Gasteiger partial charge < -0.3 is 9.80 Å². The van der Waals surface area contributed by atoms with Crippen molar-refractivity contribution in [2.75, 3.05) is 27.2 Å². The van der Waals surface area contributed by atoms with Crippen LogP contribution in [-0.4, -0.2) is 54.7 Å². The largest absolute Gasteiger partial charge is 0.342 e. The molecule has 1 heterocycles. The summed E-state index contributed by atoms with van der Waals surface area (Å²) in [4.78, 5) is 29.2. The van der Waals surface area contributed by atoms with Gasteiger partial charge in [-0.25, -0.2) is 0 Å². The van der Waals surface area contributed by atoms with Crippen LogP contribution < -0.4 is 0 Å². The van der Waals surface area contributed by atoms with E-state index in [0.29, 0.717) is 6.04 Å². The van der Waals surface area contributed by atoms with Gasteiger partial charge in [0.25, 0.3) is 0 Å². The first-order chi connectivity index (χ1) is 11.8. The molecule has 138 valence electrons. The fourth-order valence-electron chi connectivity index (χ4n) is 3.50. The monoisotopic (exact) mass is 344 g/mol. The lowest BCUT2D eigenvalue weighted by molar-refractivity contribution is -0.132. The molecule has 4 heteroatoms. The molecular formula is C21H32N2O2. The van der Waals surface area contributed by atoms with Crippen molar-refractivity contribution in [1.82, 2.24) is 9.80 Å². The summed E-state index contributed by atoms with van der Waals surface area (Å²) in [5.41, 5.74) is 1.71. The molecule has 0 unspecified atom stereocenters. The van der Waals surface area contributed by atoms with Crippen LogP contribution in [0.1, 0.15) is 61.9 Å². The van der Waals surface area contributed by atoms with Crippen LogP contribution in [0.2, 0.25) is 0 Å². The first-order valence-electron chi connectivity index (χ1n) is 9.40. The molecule has 0 aromatic heterocycles. The van der Waals surface area contributed by atoms with Crippen LogP contribution in [0, 0.1) is 5.92 Å². The average molecular weight is 344 g/mol. The summed E-state index contributed by atoms with van der Waals surface area (Å²) in [6, 6.07) is 8.13. The minimum atomic E-state index is -0.167. The summed E-state index contributed by atoms with van der Waals surface area (Å²) in [5, 5.41) is 0. The van der Waals surface area contributed by atoms with Gasteiger partial charge in [-0.1, -0.05) is 38.1 Å². The highest BCUT2D eigenvalue weighted by Gasteiger charge is 2.26. The molecule has 1 aromatic carbocycles. The molecule has 0 saturated carbocycles. The maximum Gasteiger partial charge on any atom is 0.229 e. The second-order valence-corrected chi connectivity index (χ2v) is 7.74. The Labute approximate surface area is 152 Å². The molecular weight excluding hydrogens is 312 g/mol. The second-order valence-electron chi connectivity index (χ2n) is 7.74. The van der Waals surface area contributed by atoms with Crippen molar-refractivity contribution < 1.29 is 9.59 Å². The summed E-state index contributed by atoms with van der Waals surface area (Å²) in [5.74, 6) is 0.167. The highest BCUT2D eigenvalue weighted by Crippen LogP contribution is 2.22. The van der Waals surface area contributed by atoms with Gasteiger partial charge in [-0.05, 0) is 45.8 Å². The second kappa shape index (κ2) is 8.61. The van der Waals surface area contributed by atoms with E-state index < -0.39 is 0 Å². The van der Waals surface area contributed by atoms with E-state index in [1.807, 2.05) is 49.9 Å². The van der Waals surface area contributed by atoms with Crippen molar-refractivity contribution >= 4 is 11.7 Å². The van der Waals surface area contributed by atoms with E-state index in [0.717, 1.165) is 43.5 Å². The molecule has 1 aliphatic heterocycles. The average Bonchev–Trinajstić information content (AvgIpc) is 2.86. The van der Waals surface area contributed by atoms with Crippen LogP contribution in [0.4, 0.5) is 0 Å². The quantitative estimate of drug-likeness (QED) is 0.767. The van der Waals surface area contributed by atoms with E-state index in [2.05, 4.69) is 19.0 Å². The third-order valence-electron chi connectivity index (χ3n) is 5.33. The van der Waals surface area contributed by atoms with Crippen LogP contribution in [0.15, 0.2) is 24.3 Å². The molecule has 0 spiro atoms. The van der Waals surface area contributed by atoms with Crippen LogP contribution in [0.5, 0.6) is 0 Å². The van der Waals surface area contributed by atoms with Crippen molar-refractivity contribution in [3.8, 4) is 0 Å². The standard InChI is InChI=1S/C21H32N2O2/c1-15(2)20(24)18-10-8-17(9-11-18)16(3)21(25)23-13-6-7-19(12-14-23)22(4)5/h8-11,15-16,19H,6-7,12-14H2,1-5H3/t16-,19+/m1/s1. The van der Waals surface area contributed by atoms with Gasteiger partial charge in [0.15, 0.2) is 5.78 Å². The topological polar surface area (TPSA) is 40.6 Å². The molecule has 2 rings (SSSR count). The van der Waals surface area contributed by atoms with Gasteiger partial charge in [0.05, 0.1) is 5.92 Å². The maximum absolute atomic E-state index is 12.9. The van der Waals surface area contributed by atoms with E-state index in [9.17, 15) is 9.59 Å². The number of benzene rings is 1. The zero-order chi connectivity index (χ0) is 18.6. The fourth-order valence-corrected chi connectivity index (χ4v) is 3.50. The molecule has 0 bridgehead atoms. The van der Waals surface area contributed by atoms with Gasteiger partial charge in [-0.3, -0.25) is 9.59 Å². The van der Waals surface area contributed by atoms with Crippen LogP contribution in [0.25, 0.3) is 0 Å². The van der Waals surface area contributed by atoms with Crippen molar-refractivity contribution in [3.63, 3.8) is 0 Å². The molecule has 1 fully saturated rings. The molecule has 1 saturated heterocycles. The lowest BCUT2D eigenvalue weighted by Gasteiger charge is -2.25. The third-order valence-corrected chi connectivity index (χ3v) is 5.33. The molecule has 25 heavy (non-hydrogen) atoms. The summed E-state index contributed by atoms with van der Waals surface area (Å²) in [6.07, 6.45) is 3.24. The van der Waals surface area contributed by atoms with Crippen molar-refractivity contribution in [2.45, 2.75) is 52.0 Å². The Morgan fingerprint density at radius 3 is 2.24 bits per heavy atom.